The maximum Gasteiger partial charge on any atom is 0.434 e. The fraction of sp³-hybridized carbons (Fsp3) is 0.192. The molecule has 0 bridgehead atoms. The lowest BCUT2D eigenvalue weighted by Gasteiger charge is -2.28. The largest absolute Gasteiger partial charge is 0.496 e. The van der Waals surface area contributed by atoms with E-state index >= 15 is 0 Å². The van der Waals surface area contributed by atoms with Gasteiger partial charge in [0.15, 0.2) is 15.2 Å². The first-order chi connectivity index (χ1) is 18.5. The summed E-state index contributed by atoms with van der Waals surface area (Å²) < 4.78 is 61.7. The summed E-state index contributed by atoms with van der Waals surface area (Å²) in [4.78, 5) is 30.6. The molecule has 0 spiro atoms. The Morgan fingerprint density at radius 2 is 1.97 bits per heavy atom. The summed E-state index contributed by atoms with van der Waals surface area (Å²) >= 11 is 7.27. The van der Waals surface area contributed by atoms with E-state index in [1.807, 2.05) is 0 Å². The molecule has 7 nitrogen and oxygen atoms in total. The minimum Gasteiger partial charge on any atom is -0.496 e. The molecule has 0 amide bonds. The highest BCUT2D eigenvalue weighted by Gasteiger charge is 2.46. The summed E-state index contributed by atoms with van der Waals surface area (Å²) in [6.45, 7) is 1.30. The number of furan rings is 1. The molecule has 1 atom stereocenters. The minimum atomic E-state index is -5.02. The van der Waals surface area contributed by atoms with Gasteiger partial charge in [0.25, 0.3) is 5.56 Å². The highest BCUT2D eigenvalue weighted by atomic mass is 79.9. The summed E-state index contributed by atoms with van der Waals surface area (Å²) in [6, 6.07) is 10.3. The minimum absolute atomic E-state index is 0.0540. The number of esters is 1. The molecule has 0 fully saturated rings. The van der Waals surface area contributed by atoms with Crippen molar-refractivity contribution in [2.45, 2.75) is 19.1 Å². The Morgan fingerprint density at radius 3 is 2.62 bits per heavy atom. The topological polar surface area (TPSA) is 83.0 Å². The average molecular weight is 686 g/mol. The zero-order valence-electron chi connectivity index (χ0n) is 20.1. The van der Waals surface area contributed by atoms with Crippen LogP contribution in [0.4, 0.5) is 13.2 Å². The molecule has 0 saturated carbocycles. The number of nitrogens with zero attached hydrogens (tertiary/aromatic N) is 2. The lowest BCUT2D eigenvalue weighted by molar-refractivity contribution is -0.140. The van der Waals surface area contributed by atoms with E-state index in [4.69, 9.17) is 13.9 Å². The average Bonchev–Trinajstić information content (AvgIpc) is 3.38. The van der Waals surface area contributed by atoms with E-state index in [1.165, 1.54) is 20.1 Å². The van der Waals surface area contributed by atoms with Gasteiger partial charge >= 0.3 is 12.1 Å². The molecule has 3 heterocycles. The number of rotatable bonds is 5. The Morgan fingerprint density at radius 1 is 1.23 bits per heavy atom. The van der Waals surface area contributed by atoms with Crippen LogP contribution < -0.4 is 19.6 Å². The Labute approximate surface area is 239 Å². The van der Waals surface area contributed by atoms with Crippen LogP contribution in [0.2, 0.25) is 0 Å². The van der Waals surface area contributed by atoms with Gasteiger partial charge in [-0.25, -0.2) is 9.79 Å². The third-order valence-electron chi connectivity index (χ3n) is 5.96. The van der Waals surface area contributed by atoms with E-state index in [2.05, 4.69) is 36.9 Å². The van der Waals surface area contributed by atoms with Crippen LogP contribution in [0.1, 0.15) is 24.3 Å². The summed E-state index contributed by atoms with van der Waals surface area (Å²) in [7, 11) is 1.36. The number of carbonyl (C=O) groups is 1. The SMILES string of the molecule is CCOC(=O)C1=C(C(F)(F)F)N=c2s/c(=C/c3cc(Br)c(Br)o3)c(=O)n2[C@H]1c1c(OC)ccc2ccccc12. The molecule has 202 valence electrons. The molecule has 0 aliphatic carbocycles. The second-order valence-electron chi connectivity index (χ2n) is 8.24. The molecule has 0 radical (unpaired) electrons. The molecule has 0 saturated heterocycles. The standard InChI is InChI=1S/C26H17Br2F3N2O5S/c1-3-37-24(35)19-20(18-14-7-5-4-6-12(14)8-9-16(18)36-2)33-23(34)17(11-13-10-15(27)22(28)38-13)39-25(33)32-21(19)26(29,30)31/h4-11,20H,3H2,1-2H3/b17-11+/t20-/m0/s1. The van der Waals surface area contributed by atoms with Gasteiger partial charge in [-0.1, -0.05) is 41.7 Å². The molecule has 0 N–H and O–H groups in total. The lowest BCUT2D eigenvalue weighted by Crippen LogP contribution is -2.41. The van der Waals surface area contributed by atoms with Crippen LogP contribution in [0.3, 0.4) is 0 Å². The van der Waals surface area contributed by atoms with Crippen molar-refractivity contribution >= 4 is 66.0 Å². The number of halogens is 5. The number of thiazole rings is 1. The van der Waals surface area contributed by atoms with Crippen LogP contribution in [-0.4, -0.2) is 30.4 Å². The van der Waals surface area contributed by atoms with Gasteiger partial charge in [0, 0.05) is 11.6 Å². The fourth-order valence-electron chi connectivity index (χ4n) is 4.41. The maximum absolute atomic E-state index is 14.5. The Bertz CT molecular complexity index is 1820. The van der Waals surface area contributed by atoms with E-state index in [9.17, 15) is 22.8 Å². The maximum atomic E-state index is 14.5. The van der Waals surface area contributed by atoms with Crippen molar-refractivity contribution in [2.75, 3.05) is 13.7 Å². The van der Waals surface area contributed by atoms with Gasteiger partial charge in [-0.05, 0) is 61.7 Å². The smallest absolute Gasteiger partial charge is 0.434 e. The van der Waals surface area contributed by atoms with Crippen molar-refractivity contribution in [3.63, 3.8) is 0 Å². The predicted molar refractivity (Wildman–Crippen MR) is 145 cm³/mol. The number of benzene rings is 2. The number of hydrogen-bond acceptors (Lipinski definition) is 7. The van der Waals surface area contributed by atoms with Gasteiger partial charge in [-0.3, -0.25) is 9.36 Å². The zero-order chi connectivity index (χ0) is 28.1. The van der Waals surface area contributed by atoms with Crippen LogP contribution in [0.5, 0.6) is 5.75 Å². The molecule has 1 aliphatic rings. The normalized spacial score (nSPS) is 15.9. The summed E-state index contributed by atoms with van der Waals surface area (Å²) in [6.07, 6.45) is -3.62. The van der Waals surface area contributed by atoms with Crippen LogP contribution in [0.15, 0.2) is 77.1 Å². The number of allylic oxidation sites excluding steroid dienone is 1. The quantitative estimate of drug-likeness (QED) is 0.255. The molecule has 13 heteroatoms. The van der Waals surface area contributed by atoms with E-state index in [0.29, 0.717) is 19.9 Å². The van der Waals surface area contributed by atoms with Crippen molar-refractivity contribution in [1.82, 2.24) is 4.57 Å². The van der Waals surface area contributed by atoms with Crippen molar-refractivity contribution in [2.24, 2.45) is 4.99 Å². The summed E-state index contributed by atoms with van der Waals surface area (Å²) in [5, 5.41) is 1.18. The first-order valence-corrected chi connectivity index (χ1v) is 13.8. The molecular weight excluding hydrogens is 669 g/mol. The zero-order valence-corrected chi connectivity index (χ0v) is 24.1. The lowest BCUT2D eigenvalue weighted by atomic mass is 9.90. The van der Waals surface area contributed by atoms with Crippen LogP contribution in [-0.2, 0) is 9.53 Å². The third kappa shape index (κ3) is 4.87. The molecule has 39 heavy (non-hydrogen) atoms. The number of methoxy groups -OCH3 is 1. The van der Waals surface area contributed by atoms with Gasteiger partial charge < -0.3 is 13.9 Å². The Balaban J connectivity index is 1.93. The number of carbonyl (C=O) groups excluding carboxylic acids is 1. The van der Waals surface area contributed by atoms with Crippen molar-refractivity contribution in [3.8, 4) is 5.75 Å². The summed E-state index contributed by atoms with van der Waals surface area (Å²) in [5.74, 6) is -0.766. The van der Waals surface area contributed by atoms with Gasteiger partial charge in [0.2, 0.25) is 0 Å². The van der Waals surface area contributed by atoms with Crippen LogP contribution in [0.25, 0.3) is 16.8 Å². The summed E-state index contributed by atoms with van der Waals surface area (Å²) in [5.41, 5.74) is -2.70. The molecule has 2 aromatic carbocycles. The number of aromatic nitrogens is 1. The molecule has 2 aromatic heterocycles. The number of fused-ring (bicyclic) bond motifs is 2. The van der Waals surface area contributed by atoms with E-state index in [1.54, 1.807) is 42.5 Å². The predicted octanol–water partition coefficient (Wildman–Crippen LogP) is 5.62. The Hall–Kier alpha value is -3.16. The monoisotopic (exact) mass is 684 g/mol. The molecule has 5 rings (SSSR count). The van der Waals surface area contributed by atoms with E-state index in [-0.39, 0.29) is 33.0 Å². The number of ether oxygens (including phenoxy) is 2. The Kier molecular flexibility index (Phi) is 7.33. The van der Waals surface area contributed by atoms with Gasteiger partial charge in [-0.15, -0.1) is 0 Å². The van der Waals surface area contributed by atoms with Gasteiger partial charge in [-0.2, -0.15) is 13.2 Å². The molecule has 4 aromatic rings. The third-order valence-corrected chi connectivity index (χ3v) is 8.65. The first kappa shape index (κ1) is 27.4. The second kappa shape index (κ2) is 10.4. The number of alkyl halides is 3. The molecular formula is C26H17Br2F3N2O5S. The van der Waals surface area contributed by atoms with E-state index < -0.39 is 35.0 Å². The van der Waals surface area contributed by atoms with Crippen LogP contribution >= 0.6 is 43.2 Å². The van der Waals surface area contributed by atoms with Gasteiger partial charge in [0.05, 0.1) is 28.3 Å². The first-order valence-electron chi connectivity index (χ1n) is 11.4. The van der Waals surface area contributed by atoms with Crippen molar-refractivity contribution in [1.29, 1.82) is 0 Å². The molecule has 0 unspecified atom stereocenters. The van der Waals surface area contributed by atoms with Crippen LogP contribution in [0, 0.1) is 0 Å². The van der Waals surface area contributed by atoms with E-state index in [0.717, 1.165) is 15.9 Å². The highest BCUT2D eigenvalue weighted by Crippen LogP contribution is 2.43. The fourth-order valence-corrected chi connectivity index (χ4v) is 6.00. The highest BCUT2D eigenvalue weighted by molar-refractivity contribution is 9.13. The second-order valence-corrected chi connectivity index (χ2v) is 10.8. The van der Waals surface area contributed by atoms with Gasteiger partial charge in [0.1, 0.15) is 17.6 Å². The number of hydrogen-bond donors (Lipinski definition) is 0. The molecule has 1 aliphatic heterocycles. The van der Waals surface area contributed by atoms with Crippen molar-refractivity contribution < 1.29 is 31.9 Å². The van der Waals surface area contributed by atoms with Crippen molar-refractivity contribution in [3.05, 3.63) is 93.9 Å².